The van der Waals surface area contributed by atoms with Crippen molar-refractivity contribution in [2.45, 2.75) is 6.04 Å². The Balaban J connectivity index is 2.05. The zero-order chi connectivity index (χ0) is 14.3. The van der Waals surface area contributed by atoms with Crippen LogP contribution >= 0.6 is 39.1 Å². The van der Waals surface area contributed by atoms with E-state index in [1.165, 1.54) is 0 Å². The molecule has 1 aromatic heterocycles. The highest BCUT2D eigenvalue weighted by molar-refractivity contribution is 9.10. The highest BCUT2D eigenvalue weighted by atomic mass is 79.9. The lowest BCUT2D eigenvalue weighted by Crippen LogP contribution is -2.11. The second-order valence-electron chi connectivity index (χ2n) is 4.47. The van der Waals surface area contributed by atoms with Gasteiger partial charge in [-0.2, -0.15) is 0 Å². The summed E-state index contributed by atoms with van der Waals surface area (Å²) in [4.78, 5) is 0. The molecule has 1 heterocycles. The lowest BCUT2D eigenvalue weighted by molar-refractivity contribution is 0.525. The molecule has 20 heavy (non-hydrogen) atoms. The third-order valence-electron chi connectivity index (χ3n) is 3.10. The summed E-state index contributed by atoms with van der Waals surface area (Å²) in [6.07, 6.45) is 0. The Bertz CT molecular complexity index is 785. The maximum atomic E-state index is 6.24. The second-order valence-corrected chi connectivity index (χ2v) is 6.23. The summed E-state index contributed by atoms with van der Waals surface area (Å²) in [5.74, 6) is 0.669. The average Bonchev–Trinajstić information content (AvgIpc) is 2.81. The number of hydrogen-bond acceptors (Lipinski definition) is 2. The van der Waals surface area contributed by atoms with Gasteiger partial charge in [-0.15, -0.1) is 0 Å². The van der Waals surface area contributed by atoms with Crippen molar-refractivity contribution in [1.82, 2.24) is 0 Å². The first-order valence-corrected chi connectivity index (χ1v) is 7.49. The van der Waals surface area contributed by atoms with Crippen molar-refractivity contribution >= 4 is 50.1 Å². The monoisotopic (exact) mass is 369 g/mol. The van der Waals surface area contributed by atoms with Crippen LogP contribution in [0.25, 0.3) is 11.0 Å². The highest BCUT2D eigenvalue weighted by Gasteiger charge is 2.17. The third kappa shape index (κ3) is 2.59. The summed E-state index contributed by atoms with van der Waals surface area (Å²) < 4.78 is 6.78. The molecular weight excluding hydrogens is 361 g/mol. The van der Waals surface area contributed by atoms with E-state index in [2.05, 4.69) is 15.9 Å². The summed E-state index contributed by atoms with van der Waals surface area (Å²) in [5, 5.41) is 2.11. The average molecular weight is 371 g/mol. The summed E-state index contributed by atoms with van der Waals surface area (Å²) in [7, 11) is 0. The summed E-state index contributed by atoms with van der Waals surface area (Å²) >= 11 is 15.5. The molecule has 0 fully saturated rings. The smallest absolute Gasteiger partial charge is 0.134 e. The molecule has 3 rings (SSSR count). The first-order valence-electron chi connectivity index (χ1n) is 5.94. The number of furan rings is 1. The minimum atomic E-state index is -0.425. The molecule has 0 aliphatic heterocycles. The van der Waals surface area contributed by atoms with Crippen LogP contribution in [0.1, 0.15) is 17.4 Å². The van der Waals surface area contributed by atoms with E-state index < -0.39 is 6.04 Å². The lowest BCUT2D eigenvalue weighted by Gasteiger charge is -2.11. The minimum Gasteiger partial charge on any atom is -0.459 e. The van der Waals surface area contributed by atoms with Gasteiger partial charge >= 0.3 is 0 Å². The van der Waals surface area contributed by atoms with Crippen LogP contribution in [0, 0.1) is 0 Å². The van der Waals surface area contributed by atoms with Crippen molar-refractivity contribution in [1.29, 1.82) is 0 Å². The lowest BCUT2D eigenvalue weighted by atomic mass is 10.1. The van der Waals surface area contributed by atoms with Gasteiger partial charge in [-0.3, -0.25) is 0 Å². The third-order valence-corrected chi connectivity index (χ3v) is 4.16. The van der Waals surface area contributed by atoms with Gasteiger partial charge in [0.05, 0.1) is 6.04 Å². The number of fused-ring (bicyclic) bond motifs is 1. The maximum absolute atomic E-state index is 6.24. The number of nitrogens with two attached hydrogens (primary N) is 1. The van der Waals surface area contributed by atoms with Gasteiger partial charge in [-0.05, 0) is 42.0 Å². The van der Waals surface area contributed by atoms with E-state index in [0.717, 1.165) is 21.0 Å². The number of hydrogen-bond donors (Lipinski definition) is 1. The van der Waals surface area contributed by atoms with Crippen LogP contribution in [0.5, 0.6) is 0 Å². The number of rotatable bonds is 2. The molecule has 3 aromatic rings. The molecule has 0 saturated heterocycles. The minimum absolute atomic E-state index is 0.425. The zero-order valence-corrected chi connectivity index (χ0v) is 13.3. The van der Waals surface area contributed by atoms with Crippen molar-refractivity contribution in [2.75, 3.05) is 0 Å². The van der Waals surface area contributed by atoms with Gasteiger partial charge in [0.1, 0.15) is 11.3 Å². The van der Waals surface area contributed by atoms with Gasteiger partial charge in [0.15, 0.2) is 0 Å². The van der Waals surface area contributed by atoms with Crippen LogP contribution in [0.4, 0.5) is 0 Å². The van der Waals surface area contributed by atoms with Gasteiger partial charge in [0.2, 0.25) is 0 Å². The van der Waals surface area contributed by atoms with Crippen molar-refractivity contribution in [3.63, 3.8) is 0 Å². The Labute approximate surface area is 134 Å². The SMILES string of the molecule is NC(c1cc2cc(Br)ccc2o1)c1ccc(Cl)cc1Cl. The number of halogens is 3. The first kappa shape index (κ1) is 14.0. The molecule has 1 atom stereocenters. The van der Waals surface area contributed by atoms with E-state index in [1.807, 2.05) is 30.3 Å². The number of benzene rings is 2. The first-order chi connectivity index (χ1) is 9.54. The molecule has 2 N–H and O–H groups in total. The molecular formula is C15H10BrCl2NO. The van der Waals surface area contributed by atoms with E-state index in [0.29, 0.717) is 15.8 Å². The Morgan fingerprint density at radius 3 is 2.60 bits per heavy atom. The maximum Gasteiger partial charge on any atom is 0.134 e. The van der Waals surface area contributed by atoms with E-state index in [1.54, 1.807) is 12.1 Å². The predicted octanol–water partition coefficient (Wildman–Crippen LogP) is 5.55. The normalized spacial score (nSPS) is 12.8. The molecule has 2 nitrogen and oxygen atoms in total. The van der Waals surface area contributed by atoms with Gasteiger partial charge in [0.25, 0.3) is 0 Å². The fraction of sp³-hybridized carbons (Fsp3) is 0.0667. The van der Waals surface area contributed by atoms with E-state index >= 15 is 0 Å². The van der Waals surface area contributed by atoms with Crippen LogP contribution in [-0.2, 0) is 0 Å². The van der Waals surface area contributed by atoms with Gasteiger partial charge < -0.3 is 10.2 Å². The van der Waals surface area contributed by atoms with Crippen molar-refractivity contribution in [2.24, 2.45) is 5.73 Å². The van der Waals surface area contributed by atoms with Crippen molar-refractivity contribution in [3.8, 4) is 0 Å². The zero-order valence-electron chi connectivity index (χ0n) is 10.2. The van der Waals surface area contributed by atoms with Crippen LogP contribution in [0.15, 0.2) is 51.4 Å². The van der Waals surface area contributed by atoms with Crippen molar-refractivity contribution in [3.05, 3.63) is 68.3 Å². The van der Waals surface area contributed by atoms with E-state index in [4.69, 9.17) is 33.4 Å². The molecule has 0 bridgehead atoms. The fourth-order valence-electron chi connectivity index (χ4n) is 2.10. The Hall–Kier alpha value is -1.000. The molecule has 1 unspecified atom stereocenters. The van der Waals surface area contributed by atoms with Crippen molar-refractivity contribution < 1.29 is 4.42 Å². The molecule has 0 aliphatic carbocycles. The fourth-order valence-corrected chi connectivity index (χ4v) is 3.00. The van der Waals surface area contributed by atoms with Crippen LogP contribution in [0.3, 0.4) is 0 Å². The van der Waals surface area contributed by atoms with Gasteiger partial charge in [-0.25, -0.2) is 0 Å². The molecule has 0 amide bonds. The van der Waals surface area contributed by atoms with E-state index in [9.17, 15) is 0 Å². The molecule has 0 aliphatic rings. The van der Waals surface area contributed by atoms with Crippen LogP contribution < -0.4 is 5.73 Å². The van der Waals surface area contributed by atoms with Crippen LogP contribution in [-0.4, -0.2) is 0 Å². The molecule has 102 valence electrons. The Morgan fingerprint density at radius 1 is 1.05 bits per heavy atom. The topological polar surface area (TPSA) is 39.2 Å². The molecule has 5 heteroatoms. The molecule has 0 spiro atoms. The Morgan fingerprint density at radius 2 is 1.85 bits per heavy atom. The van der Waals surface area contributed by atoms with Gasteiger partial charge in [-0.1, -0.05) is 45.2 Å². The molecule has 0 radical (unpaired) electrons. The summed E-state index contributed by atoms with van der Waals surface area (Å²) in [5.41, 5.74) is 7.82. The van der Waals surface area contributed by atoms with Crippen LogP contribution in [0.2, 0.25) is 10.0 Å². The summed E-state index contributed by atoms with van der Waals surface area (Å²) in [6, 6.07) is 12.6. The standard InChI is InChI=1S/C15H10BrCl2NO/c16-9-1-4-13-8(5-9)6-14(20-13)15(19)11-3-2-10(17)7-12(11)18/h1-7,15H,19H2. The molecule has 2 aromatic carbocycles. The second kappa shape index (κ2) is 5.41. The quantitative estimate of drug-likeness (QED) is 0.642. The highest BCUT2D eigenvalue weighted by Crippen LogP contribution is 2.32. The largest absolute Gasteiger partial charge is 0.459 e. The van der Waals surface area contributed by atoms with Gasteiger partial charge in [0, 0.05) is 19.9 Å². The van der Waals surface area contributed by atoms with E-state index in [-0.39, 0.29) is 0 Å². The molecule has 0 saturated carbocycles. The summed E-state index contributed by atoms with van der Waals surface area (Å²) in [6.45, 7) is 0. The predicted molar refractivity (Wildman–Crippen MR) is 86.4 cm³/mol. The Kier molecular flexibility index (Phi) is 3.78.